The van der Waals surface area contributed by atoms with Gasteiger partial charge in [-0.25, -0.2) is 13.2 Å². The van der Waals surface area contributed by atoms with Crippen molar-refractivity contribution >= 4 is 21.7 Å². The van der Waals surface area contributed by atoms with Crippen LogP contribution in [0.25, 0.3) is 0 Å². The van der Waals surface area contributed by atoms with Crippen LogP contribution in [0.1, 0.15) is 15.9 Å². The lowest BCUT2D eigenvalue weighted by Gasteiger charge is -2.13. The summed E-state index contributed by atoms with van der Waals surface area (Å²) in [6, 6.07) is 8.54. The molecule has 0 atom stereocenters. The molecule has 0 fully saturated rings. The SMILES string of the molecule is COc1ccc(S(=O)(=O)Nc2ccc(C)cc2C(=O)O)cc1OC. The second kappa shape index (κ2) is 6.79. The molecule has 2 N–H and O–H groups in total. The highest BCUT2D eigenvalue weighted by molar-refractivity contribution is 7.92. The van der Waals surface area contributed by atoms with E-state index in [1.165, 1.54) is 44.6 Å². The first-order chi connectivity index (χ1) is 11.3. The van der Waals surface area contributed by atoms with Gasteiger partial charge in [-0.3, -0.25) is 4.72 Å². The van der Waals surface area contributed by atoms with E-state index in [2.05, 4.69) is 4.72 Å². The van der Waals surface area contributed by atoms with Crippen LogP contribution in [0.15, 0.2) is 41.3 Å². The highest BCUT2D eigenvalue weighted by atomic mass is 32.2. The van der Waals surface area contributed by atoms with Crippen molar-refractivity contribution in [1.82, 2.24) is 0 Å². The fourth-order valence-corrected chi connectivity index (χ4v) is 3.21. The fraction of sp³-hybridized carbons (Fsp3) is 0.188. The van der Waals surface area contributed by atoms with Crippen molar-refractivity contribution in [1.29, 1.82) is 0 Å². The molecule has 8 heteroatoms. The first kappa shape index (κ1) is 17.6. The number of hydrogen-bond donors (Lipinski definition) is 2. The van der Waals surface area contributed by atoms with Gasteiger partial charge in [0.2, 0.25) is 0 Å². The smallest absolute Gasteiger partial charge is 0.337 e. The zero-order valence-electron chi connectivity index (χ0n) is 13.4. The molecule has 0 amide bonds. The minimum absolute atomic E-state index is 0.0112. The quantitative estimate of drug-likeness (QED) is 0.829. The van der Waals surface area contributed by atoms with E-state index in [1.807, 2.05) is 0 Å². The van der Waals surface area contributed by atoms with E-state index in [9.17, 15) is 18.3 Å². The average Bonchev–Trinajstić information content (AvgIpc) is 2.55. The van der Waals surface area contributed by atoms with Gasteiger partial charge >= 0.3 is 5.97 Å². The van der Waals surface area contributed by atoms with Crippen molar-refractivity contribution in [2.45, 2.75) is 11.8 Å². The minimum Gasteiger partial charge on any atom is -0.493 e. The second-order valence-electron chi connectivity index (χ2n) is 4.98. The highest BCUT2D eigenvalue weighted by Gasteiger charge is 2.20. The summed E-state index contributed by atoms with van der Waals surface area (Å²) in [5, 5.41) is 9.24. The summed E-state index contributed by atoms with van der Waals surface area (Å²) >= 11 is 0. The van der Waals surface area contributed by atoms with Crippen molar-refractivity contribution in [2.75, 3.05) is 18.9 Å². The van der Waals surface area contributed by atoms with Gasteiger partial charge in [0, 0.05) is 6.07 Å². The van der Waals surface area contributed by atoms with Gasteiger partial charge in [0.05, 0.1) is 30.4 Å². The summed E-state index contributed by atoms with van der Waals surface area (Å²) in [7, 11) is -1.16. The Bertz CT molecular complexity index is 876. The topological polar surface area (TPSA) is 102 Å². The number of nitrogens with one attached hydrogen (secondary N) is 1. The van der Waals surface area contributed by atoms with Crippen LogP contribution in [-0.4, -0.2) is 33.7 Å². The van der Waals surface area contributed by atoms with Gasteiger partial charge in [0.15, 0.2) is 11.5 Å². The van der Waals surface area contributed by atoms with Gasteiger partial charge < -0.3 is 14.6 Å². The van der Waals surface area contributed by atoms with Crippen molar-refractivity contribution < 1.29 is 27.8 Å². The molecule has 0 radical (unpaired) electrons. The number of sulfonamides is 1. The molecule has 0 aliphatic rings. The Balaban J connectivity index is 2.44. The predicted molar refractivity (Wildman–Crippen MR) is 88.5 cm³/mol. The molecule has 0 aliphatic carbocycles. The van der Waals surface area contributed by atoms with Crippen LogP contribution < -0.4 is 14.2 Å². The molecule has 0 spiro atoms. The van der Waals surface area contributed by atoms with E-state index in [1.54, 1.807) is 13.0 Å². The largest absolute Gasteiger partial charge is 0.493 e. The predicted octanol–water partition coefficient (Wildman–Crippen LogP) is 2.51. The van der Waals surface area contributed by atoms with Gasteiger partial charge in [-0.05, 0) is 31.2 Å². The number of ether oxygens (including phenoxy) is 2. The van der Waals surface area contributed by atoms with Gasteiger partial charge in [0.1, 0.15) is 0 Å². The number of carbonyl (C=O) groups is 1. The van der Waals surface area contributed by atoms with Gasteiger partial charge in [-0.2, -0.15) is 0 Å². The van der Waals surface area contributed by atoms with Crippen LogP contribution in [0.2, 0.25) is 0 Å². The molecule has 0 unspecified atom stereocenters. The maximum Gasteiger partial charge on any atom is 0.337 e. The number of benzene rings is 2. The number of anilines is 1. The fourth-order valence-electron chi connectivity index (χ4n) is 2.11. The third kappa shape index (κ3) is 3.60. The monoisotopic (exact) mass is 351 g/mol. The number of carboxylic acid groups (broad SMARTS) is 1. The average molecular weight is 351 g/mol. The molecule has 2 rings (SSSR count). The lowest BCUT2D eigenvalue weighted by Crippen LogP contribution is -2.16. The third-order valence-electron chi connectivity index (χ3n) is 3.32. The Labute approximate surface area is 139 Å². The Kier molecular flexibility index (Phi) is 4.99. The van der Waals surface area contributed by atoms with E-state index in [4.69, 9.17) is 9.47 Å². The van der Waals surface area contributed by atoms with E-state index in [0.29, 0.717) is 11.3 Å². The maximum atomic E-state index is 12.5. The molecule has 0 saturated carbocycles. The summed E-state index contributed by atoms with van der Waals surface area (Å²) in [5.74, 6) is -0.579. The number of rotatable bonds is 6. The van der Waals surface area contributed by atoms with Crippen LogP contribution in [-0.2, 0) is 10.0 Å². The number of aryl methyl sites for hydroxylation is 1. The minimum atomic E-state index is -3.99. The molecule has 0 saturated heterocycles. The molecule has 7 nitrogen and oxygen atoms in total. The van der Waals surface area contributed by atoms with Gasteiger partial charge in [-0.15, -0.1) is 0 Å². The molecular formula is C16H17NO6S. The molecule has 0 bridgehead atoms. The second-order valence-corrected chi connectivity index (χ2v) is 6.66. The Morgan fingerprint density at radius 1 is 1.04 bits per heavy atom. The number of methoxy groups -OCH3 is 2. The van der Waals surface area contributed by atoms with Crippen LogP contribution in [0.5, 0.6) is 11.5 Å². The highest BCUT2D eigenvalue weighted by Crippen LogP contribution is 2.30. The first-order valence-corrected chi connectivity index (χ1v) is 8.35. The maximum absolute atomic E-state index is 12.5. The van der Waals surface area contributed by atoms with E-state index in [0.717, 1.165) is 0 Å². The Hall–Kier alpha value is -2.74. The lowest BCUT2D eigenvalue weighted by molar-refractivity contribution is 0.0698. The summed E-state index contributed by atoms with van der Waals surface area (Å²) in [6.45, 7) is 1.72. The molecular weight excluding hydrogens is 334 g/mol. The van der Waals surface area contributed by atoms with Gasteiger partial charge in [-0.1, -0.05) is 11.6 Å². The molecule has 128 valence electrons. The first-order valence-electron chi connectivity index (χ1n) is 6.87. The Morgan fingerprint density at radius 3 is 2.29 bits per heavy atom. The van der Waals surface area contributed by atoms with Crippen LogP contribution in [0.3, 0.4) is 0 Å². The molecule has 2 aromatic carbocycles. The normalized spacial score (nSPS) is 11.0. The lowest BCUT2D eigenvalue weighted by atomic mass is 10.1. The summed E-state index contributed by atoms with van der Waals surface area (Å²) < 4.78 is 37.5. The molecule has 0 heterocycles. The van der Waals surface area contributed by atoms with E-state index in [-0.39, 0.29) is 21.9 Å². The molecule has 2 aromatic rings. The summed E-state index contributed by atoms with van der Waals surface area (Å²) in [4.78, 5) is 11.2. The number of hydrogen-bond acceptors (Lipinski definition) is 5. The summed E-state index contributed by atoms with van der Waals surface area (Å²) in [6.07, 6.45) is 0. The standard InChI is InChI=1S/C16H17NO6S/c1-10-4-6-13(12(8-10)16(18)19)17-24(20,21)11-5-7-14(22-2)15(9-11)23-3/h4-9,17H,1-3H3,(H,18,19). The van der Waals surface area contributed by atoms with E-state index >= 15 is 0 Å². The van der Waals surface area contributed by atoms with Crippen molar-refractivity contribution in [2.24, 2.45) is 0 Å². The van der Waals surface area contributed by atoms with Crippen molar-refractivity contribution in [3.63, 3.8) is 0 Å². The zero-order valence-corrected chi connectivity index (χ0v) is 14.2. The van der Waals surface area contributed by atoms with Crippen molar-refractivity contribution in [3.05, 3.63) is 47.5 Å². The summed E-state index contributed by atoms with van der Waals surface area (Å²) in [5.41, 5.74) is 0.573. The third-order valence-corrected chi connectivity index (χ3v) is 4.68. The Morgan fingerprint density at radius 2 is 1.71 bits per heavy atom. The van der Waals surface area contributed by atoms with E-state index < -0.39 is 16.0 Å². The molecule has 0 aromatic heterocycles. The molecule has 24 heavy (non-hydrogen) atoms. The molecule has 0 aliphatic heterocycles. The van der Waals surface area contributed by atoms with Crippen LogP contribution >= 0.6 is 0 Å². The number of aromatic carboxylic acids is 1. The number of carboxylic acids is 1. The van der Waals surface area contributed by atoms with Gasteiger partial charge in [0.25, 0.3) is 10.0 Å². The zero-order chi connectivity index (χ0) is 17.9. The van der Waals surface area contributed by atoms with Crippen LogP contribution in [0, 0.1) is 6.92 Å². The van der Waals surface area contributed by atoms with Crippen LogP contribution in [0.4, 0.5) is 5.69 Å². The van der Waals surface area contributed by atoms with Crippen molar-refractivity contribution in [3.8, 4) is 11.5 Å².